The average Bonchev–Trinajstić information content (AvgIpc) is 2.80. The Bertz CT molecular complexity index is 593. The molecule has 1 atom stereocenters. The van der Waals surface area contributed by atoms with Crippen LogP contribution in [0.1, 0.15) is 44.6 Å². The Hall–Kier alpha value is -2.31. The lowest BCUT2D eigenvalue weighted by atomic mass is 10.1. The van der Waals surface area contributed by atoms with Gasteiger partial charge in [-0.05, 0) is 39.8 Å². The van der Waals surface area contributed by atoms with Crippen molar-refractivity contribution < 1.29 is 24.2 Å². The van der Waals surface area contributed by atoms with Crippen molar-refractivity contribution >= 4 is 12.1 Å². The topological polar surface area (TPSA) is 89.0 Å². The van der Waals surface area contributed by atoms with Gasteiger partial charge in [-0.1, -0.05) is 0 Å². The van der Waals surface area contributed by atoms with Gasteiger partial charge in [-0.25, -0.2) is 14.6 Å². The maximum absolute atomic E-state index is 12.1. The number of carboxylic acid groups (broad SMARTS) is 1. The van der Waals surface area contributed by atoms with Crippen molar-refractivity contribution in [2.24, 2.45) is 0 Å². The molecule has 126 valence electrons. The van der Waals surface area contributed by atoms with Gasteiger partial charge >= 0.3 is 12.1 Å². The summed E-state index contributed by atoms with van der Waals surface area (Å²) in [6, 6.07) is 2.96. The summed E-state index contributed by atoms with van der Waals surface area (Å²) in [5.41, 5.74) is -1.12. The summed E-state index contributed by atoms with van der Waals surface area (Å²) in [6.07, 6.45) is 1.68. The first-order chi connectivity index (χ1) is 10.6. The number of nitrogens with zero attached hydrogens (tertiary/aromatic N) is 2. The normalized spacial score (nSPS) is 21.1. The summed E-state index contributed by atoms with van der Waals surface area (Å²) >= 11 is 0. The monoisotopic (exact) mass is 322 g/mol. The zero-order valence-corrected chi connectivity index (χ0v) is 13.8. The Morgan fingerprint density at radius 3 is 2.57 bits per heavy atom. The van der Waals surface area contributed by atoms with E-state index < -0.39 is 17.2 Å². The minimum atomic E-state index is -1.08. The summed E-state index contributed by atoms with van der Waals surface area (Å²) in [5.74, 6) is -0.608. The Labute approximate surface area is 135 Å². The number of likely N-dealkylation sites (tertiary alicyclic amines) is 1. The average molecular weight is 322 g/mol. The van der Waals surface area contributed by atoms with E-state index in [4.69, 9.17) is 14.6 Å². The van der Waals surface area contributed by atoms with Crippen LogP contribution in [0.5, 0.6) is 5.75 Å². The van der Waals surface area contributed by atoms with Gasteiger partial charge in [-0.2, -0.15) is 0 Å². The van der Waals surface area contributed by atoms with Crippen LogP contribution in [0.25, 0.3) is 0 Å². The Balaban J connectivity index is 1.98. The van der Waals surface area contributed by atoms with Crippen LogP contribution in [0, 0.1) is 0 Å². The molecule has 2 heterocycles. The van der Waals surface area contributed by atoms with Gasteiger partial charge < -0.3 is 19.5 Å². The fraction of sp³-hybridized carbons (Fsp3) is 0.562. The number of hydrogen-bond donors (Lipinski definition) is 1. The molecule has 2 rings (SSSR count). The van der Waals surface area contributed by atoms with Crippen molar-refractivity contribution in [3.05, 3.63) is 24.0 Å². The van der Waals surface area contributed by atoms with Gasteiger partial charge in [0.2, 0.25) is 0 Å². The van der Waals surface area contributed by atoms with E-state index in [2.05, 4.69) is 4.98 Å². The van der Waals surface area contributed by atoms with Gasteiger partial charge in [-0.15, -0.1) is 0 Å². The number of carbonyl (C=O) groups excluding carboxylic acids is 1. The first-order valence-electron chi connectivity index (χ1n) is 7.44. The number of carbonyl (C=O) groups is 2. The molecular formula is C16H22N2O5. The van der Waals surface area contributed by atoms with Gasteiger partial charge in [-0.3, -0.25) is 0 Å². The van der Waals surface area contributed by atoms with E-state index in [1.165, 1.54) is 12.3 Å². The highest BCUT2D eigenvalue weighted by atomic mass is 16.6. The lowest BCUT2D eigenvalue weighted by molar-refractivity contribution is 0.0228. The van der Waals surface area contributed by atoms with Gasteiger partial charge in [0.25, 0.3) is 0 Å². The summed E-state index contributed by atoms with van der Waals surface area (Å²) in [4.78, 5) is 28.3. The molecule has 0 aliphatic carbocycles. The van der Waals surface area contributed by atoms with Crippen LogP contribution in [0.4, 0.5) is 4.79 Å². The number of pyridine rings is 1. The van der Waals surface area contributed by atoms with Gasteiger partial charge in [0.1, 0.15) is 22.6 Å². The third-order valence-corrected chi connectivity index (χ3v) is 3.41. The van der Waals surface area contributed by atoms with Crippen LogP contribution < -0.4 is 4.74 Å². The van der Waals surface area contributed by atoms with Crippen molar-refractivity contribution in [3.63, 3.8) is 0 Å². The van der Waals surface area contributed by atoms with Crippen LogP contribution >= 0.6 is 0 Å². The maximum Gasteiger partial charge on any atom is 0.410 e. The summed E-state index contributed by atoms with van der Waals surface area (Å²) in [7, 11) is 0. The van der Waals surface area contributed by atoms with Crippen LogP contribution in [-0.4, -0.2) is 51.3 Å². The predicted octanol–water partition coefficient (Wildman–Crippen LogP) is 2.56. The second-order valence-electron chi connectivity index (χ2n) is 6.89. The molecule has 1 aromatic heterocycles. The van der Waals surface area contributed by atoms with E-state index >= 15 is 0 Å². The van der Waals surface area contributed by atoms with E-state index in [0.717, 1.165) is 0 Å². The predicted molar refractivity (Wildman–Crippen MR) is 82.7 cm³/mol. The number of amides is 1. The molecule has 1 aliphatic rings. The molecular weight excluding hydrogens is 300 g/mol. The molecule has 0 saturated carbocycles. The number of carboxylic acids is 1. The van der Waals surface area contributed by atoms with Crippen molar-refractivity contribution in [1.82, 2.24) is 9.88 Å². The van der Waals surface area contributed by atoms with Gasteiger partial charge in [0.15, 0.2) is 0 Å². The molecule has 7 nitrogen and oxygen atoms in total. The molecule has 1 aromatic rings. The van der Waals surface area contributed by atoms with E-state index in [1.54, 1.807) is 11.0 Å². The highest BCUT2D eigenvalue weighted by molar-refractivity contribution is 5.85. The van der Waals surface area contributed by atoms with Crippen molar-refractivity contribution in [1.29, 1.82) is 0 Å². The third-order valence-electron chi connectivity index (χ3n) is 3.41. The summed E-state index contributed by atoms with van der Waals surface area (Å²) in [6.45, 7) is 8.34. The van der Waals surface area contributed by atoms with Crippen molar-refractivity contribution in [3.8, 4) is 5.75 Å². The molecule has 0 aromatic carbocycles. The van der Waals surface area contributed by atoms with E-state index in [-0.39, 0.29) is 11.8 Å². The Morgan fingerprint density at radius 2 is 2.04 bits per heavy atom. The highest BCUT2D eigenvalue weighted by Crippen LogP contribution is 2.28. The molecule has 0 radical (unpaired) electrons. The number of aromatic nitrogens is 1. The largest absolute Gasteiger partial charge is 0.484 e. The molecule has 0 unspecified atom stereocenters. The SMILES string of the molecule is CC(C)(C)OC(=O)N1CC[C@@](C)(Oc2ccc(C(=O)O)nc2)C1. The minimum absolute atomic E-state index is 0.0377. The minimum Gasteiger partial charge on any atom is -0.484 e. The number of aromatic carboxylic acids is 1. The van der Waals surface area contributed by atoms with Crippen LogP contribution in [0.15, 0.2) is 18.3 Å². The summed E-state index contributed by atoms with van der Waals surface area (Å²) in [5, 5.41) is 8.84. The fourth-order valence-corrected chi connectivity index (χ4v) is 2.35. The molecule has 1 saturated heterocycles. The third kappa shape index (κ3) is 4.58. The Morgan fingerprint density at radius 1 is 1.35 bits per heavy atom. The number of rotatable bonds is 3. The molecule has 0 bridgehead atoms. The number of ether oxygens (including phenoxy) is 2. The van der Waals surface area contributed by atoms with Crippen molar-refractivity contribution in [2.75, 3.05) is 13.1 Å². The fourth-order valence-electron chi connectivity index (χ4n) is 2.35. The standard InChI is InChI=1S/C16H22N2O5/c1-15(2,3)23-14(21)18-8-7-16(4,10-18)22-11-5-6-12(13(19)20)17-9-11/h5-6,9H,7-8,10H2,1-4H3,(H,19,20)/t16-/m1/s1. The van der Waals surface area contributed by atoms with Crippen LogP contribution in [0.3, 0.4) is 0 Å². The van der Waals surface area contributed by atoms with Crippen LogP contribution in [-0.2, 0) is 4.74 Å². The lowest BCUT2D eigenvalue weighted by Crippen LogP contribution is -2.40. The Kier molecular flexibility index (Phi) is 4.49. The van der Waals surface area contributed by atoms with E-state index in [1.807, 2.05) is 27.7 Å². The molecule has 1 aliphatic heterocycles. The second kappa shape index (κ2) is 6.06. The van der Waals surface area contributed by atoms with Crippen molar-refractivity contribution in [2.45, 2.75) is 45.3 Å². The molecule has 7 heteroatoms. The van der Waals surface area contributed by atoms with E-state index in [9.17, 15) is 9.59 Å². The molecule has 0 spiro atoms. The summed E-state index contributed by atoms with van der Waals surface area (Å²) < 4.78 is 11.3. The number of hydrogen-bond acceptors (Lipinski definition) is 5. The highest BCUT2D eigenvalue weighted by Gasteiger charge is 2.39. The maximum atomic E-state index is 12.1. The van der Waals surface area contributed by atoms with Gasteiger partial charge in [0, 0.05) is 13.0 Å². The molecule has 1 amide bonds. The van der Waals surface area contributed by atoms with Crippen LogP contribution in [0.2, 0.25) is 0 Å². The zero-order chi connectivity index (χ0) is 17.3. The molecule has 1 N–H and O–H groups in total. The smallest absolute Gasteiger partial charge is 0.410 e. The lowest BCUT2D eigenvalue weighted by Gasteiger charge is -2.27. The first-order valence-corrected chi connectivity index (χ1v) is 7.44. The zero-order valence-electron chi connectivity index (χ0n) is 13.8. The quantitative estimate of drug-likeness (QED) is 0.920. The molecule has 1 fully saturated rings. The first kappa shape index (κ1) is 17.1. The van der Waals surface area contributed by atoms with Gasteiger partial charge in [0.05, 0.1) is 12.7 Å². The van der Waals surface area contributed by atoms with E-state index in [0.29, 0.717) is 25.3 Å². The molecule has 23 heavy (non-hydrogen) atoms. The second-order valence-corrected chi connectivity index (χ2v) is 6.89.